The number of hydrogen-bond donors (Lipinski definition) is 2. The Morgan fingerprint density at radius 1 is 1.42 bits per heavy atom. The molecule has 1 rings (SSSR count). The van der Waals surface area contributed by atoms with E-state index in [0.717, 1.165) is 17.4 Å². The third kappa shape index (κ3) is 6.52. The van der Waals surface area contributed by atoms with E-state index in [1.165, 1.54) is 5.56 Å². The smallest absolute Gasteiger partial charge is 0.0718 e. The number of benzene rings is 1. The van der Waals surface area contributed by atoms with Crippen LogP contribution in [0, 0.1) is 0 Å². The van der Waals surface area contributed by atoms with Crippen LogP contribution < -0.4 is 5.32 Å². The second kappa shape index (κ2) is 7.39. The van der Waals surface area contributed by atoms with Gasteiger partial charge in [0, 0.05) is 17.1 Å². The Labute approximate surface area is 125 Å². The third-order valence-corrected chi connectivity index (χ3v) is 3.55. The third-order valence-electron chi connectivity index (χ3n) is 3.06. The Kier molecular flexibility index (Phi) is 6.47. The first kappa shape index (κ1) is 16.6. The van der Waals surface area contributed by atoms with Crippen molar-refractivity contribution in [2.75, 3.05) is 27.2 Å². The molecule has 2 N–H and O–H groups in total. The van der Waals surface area contributed by atoms with Gasteiger partial charge >= 0.3 is 0 Å². The maximum Gasteiger partial charge on any atom is 0.0718 e. The molecule has 3 nitrogen and oxygen atoms in total. The molecule has 0 bridgehead atoms. The van der Waals surface area contributed by atoms with Crippen LogP contribution in [0.1, 0.15) is 31.9 Å². The number of nitrogens with one attached hydrogen (secondary N) is 1. The van der Waals surface area contributed by atoms with E-state index in [2.05, 4.69) is 44.3 Å². The molecule has 0 saturated heterocycles. The number of hydrogen-bond acceptors (Lipinski definition) is 3. The Hall–Kier alpha value is -0.420. The first-order valence-electron chi connectivity index (χ1n) is 6.65. The number of likely N-dealkylation sites (N-methyl/N-ethyl adjacent to an activating group) is 1. The van der Waals surface area contributed by atoms with E-state index < -0.39 is 5.60 Å². The van der Waals surface area contributed by atoms with Gasteiger partial charge in [0.05, 0.1) is 5.60 Å². The number of halogens is 1. The first-order chi connectivity index (χ1) is 8.81. The summed E-state index contributed by atoms with van der Waals surface area (Å²) in [6.45, 7) is 5.31. The average molecular weight is 329 g/mol. The summed E-state index contributed by atoms with van der Waals surface area (Å²) in [6.07, 6.45) is 1.01. The molecule has 1 aromatic rings. The highest BCUT2D eigenvalue weighted by Gasteiger charge is 2.17. The first-order valence-corrected chi connectivity index (χ1v) is 7.45. The predicted molar refractivity (Wildman–Crippen MR) is 84.4 cm³/mol. The molecule has 0 aliphatic rings. The van der Waals surface area contributed by atoms with Gasteiger partial charge in [0.25, 0.3) is 0 Å². The van der Waals surface area contributed by atoms with Crippen molar-refractivity contribution in [1.29, 1.82) is 0 Å². The number of aliphatic hydroxyl groups is 1. The van der Waals surface area contributed by atoms with Crippen molar-refractivity contribution in [2.45, 2.75) is 31.9 Å². The summed E-state index contributed by atoms with van der Waals surface area (Å²) in [6, 6.07) is 8.72. The molecule has 0 fully saturated rings. The lowest BCUT2D eigenvalue weighted by atomic mass is 10.0. The topological polar surface area (TPSA) is 35.5 Å². The minimum absolute atomic E-state index is 0.335. The van der Waals surface area contributed by atoms with E-state index >= 15 is 0 Å². The summed E-state index contributed by atoms with van der Waals surface area (Å²) in [5.74, 6) is 0. The summed E-state index contributed by atoms with van der Waals surface area (Å²) < 4.78 is 1.11. The molecule has 1 atom stereocenters. The molecule has 0 amide bonds. The van der Waals surface area contributed by atoms with Crippen LogP contribution in [0.5, 0.6) is 0 Å². The van der Waals surface area contributed by atoms with Crippen LogP contribution in [-0.2, 0) is 0 Å². The molecule has 0 radical (unpaired) electrons. The van der Waals surface area contributed by atoms with Crippen LogP contribution >= 0.6 is 15.9 Å². The number of rotatable bonds is 7. The van der Waals surface area contributed by atoms with Gasteiger partial charge in [0.1, 0.15) is 0 Å². The fourth-order valence-corrected chi connectivity index (χ4v) is 2.71. The van der Waals surface area contributed by atoms with Gasteiger partial charge in [0.2, 0.25) is 0 Å². The highest BCUT2D eigenvalue weighted by molar-refractivity contribution is 9.10. The van der Waals surface area contributed by atoms with E-state index in [0.29, 0.717) is 12.6 Å². The molecule has 0 aromatic heterocycles. The average Bonchev–Trinajstić information content (AvgIpc) is 2.27. The lowest BCUT2D eigenvalue weighted by Gasteiger charge is -2.27. The van der Waals surface area contributed by atoms with Gasteiger partial charge in [-0.1, -0.05) is 28.1 Å². The minimum Gasteiger partial charge on any atom is -0.389 e. The van der Waals surface area contributed by atoms with E-state index in [1.807, 2.05) is 34.0 Å². The monoisotopic (exact) mass is 328 g/mol. The predicted octanol–water partition coefficient (Wildman–Crippen LogP) is 2.80. The molecule has 0 spiro atoms. The van der Waals surface area contributed by atoms with Crippen molar-refractivity contribution < 1.29 is 5.11 Å². The Bertz CT molecular complexity index is 390. The lowest BCUT2D eigenvalue weighted by Crippen LogP contribution is -2.37. The molecule has 4 heteroatoms. The fraction of sp³-hybridized carbons (Fsp3) is 0.600. The van der Waals surface area contributed by atoms with Crippen LogP contribution in [0.2, 0.25) is 0 Å². The van der Waals surface area contributed by atoms with Gasteiger partial charge in [-0.05, 0) is 58.6 Å². The number of nitrogens with zero attached hydrogens (tertiary/aromatic N) is 1. The zero-order chi connectivity index (χ0) is 14.5. The standard InChI is InChI=1S/C15H25BrN2O/c1-15(2,19)11-18(4)9-8-14(17-3)12-6-5-7-13(16)10-12/h5-7,10,14,17,19H,8-9,11H2,1-4H3. The summed E-state index contributed by atoms with van der Waals surface area (Å²) in [7, 11) is 4.03. The van der Waals surface area contributed by atoms with Crippen LogP contribution in [0.4, 0.5) is 0 Å². The Morgan fingerprint density at radius 2 is 2.11 bits per heavy atom. The molecule has 0 aliphatic heterocycles. The SMILES string of the molecule is CNC(CCN(C)CC(C)(C)O)c1cccc(Br)c1. The van der Waals surface area contributed by atoms with Crippen molar-refractivity contribution in [3.8, 4) is 0 Å². The van der Waals surface area contributed by atoms with Crippen LogP contribution in [-0.4, -0.2) is 42.8 Å². The molecule has 1 aromatic carbocycles. The molecular formula is C15H25BrN2O. The van der Waals surface area contributed by atoms with Gasteiger partial charge in [-0.2, -0.15) is 0 Å². The van der Waals surface area contributed by atoms with E-state index in [4.69, 9.17) is 0 Å². The summed E-state index contributed by atoms with van der Waals surface area (Å²) in [4.78, 5) is 2.17. The van der Waals surface area contributed by atoms with Crippen molar-refractivity contribution in [3.05, 3.63) is 34.3 Å². The van der Waals surface area contributed by atoms with Gasteiger partial charge in [-0.15, -0.1) is 0 Å². The molecule has 0 heterocycles. The fourth-order valence-electron chi connectivity index (χ4n) is 2.29. The summed E-state index contributed by atoms with van der Waals surface area (Å²) in [5.41, 5.74) is 0.646. The molecule has 0 saturated carbocycles. The van der Waals surface area contributed by atoms with Crippen molar-refractivity contribution in [3.63, 3.8) is 0 Å². The summed E-state index contributed by atoms with van der Waals surface area (Å²) >= 11 is 3.51. The molecule has 1 unspecified atom stereocenters. The van der Waals surface area contributed by atoms with Gasteiger partial charge in [0.15, 0.2) is 0 Å². The van der Waals surface area contributed by atoms with Crippen molar-refractivity contribution in [2.24, 2.45) is 0 Å². The zero-order valence-corrected chi connectivity index (χ0v) is 13.9. The highest BCUT2D eigenvalue weighted by atomic mass is 79.9. The highest BCUT2D eigenvalue weighted by Crippen LogP contribution is 2.21. The lowest BCUT2D eigenvalue weighted by molar-refractivity contribution is 0.0436. The molecular weight excluding hydrogens is 304 g/mol. The Balaban J connectivity index is 2.54. The van der Waals surface area contributed by atoms with Crippen LogP contribution in [0.3, 0.4) is 0 Å². The molecule has 19 heavy (non-hydrogen) atoms. The maximum atomic E-state index is 9.80. The molecule has 108 valence electrons. The Morgan fingerprint density at radius 3 is 2.63 bits per heavy atom. The normalized spacial score (nSPS) is 13.8. The zero-order valence-electron chi connectivity index (χ0n) is 12.3. The minimum atomic E-state index is -0.639. The van der Waals surface area contributed by atoms with E-state index in [9.17, 15) is 5.11 Å². The largest absolute Gasteiger partial charge is 0.389 e. The van der Waals surface area contributed by atoms with E-state index in [1.54, 1.807) is 0 Å². The second-order valence-corrected chi connectivity index (χ2v) is 6.65. The van der Waals surface area contributed by atoms with E-state index in [-0.39, 0.29) is 0 Å². The van der Waals surface area contributed by atoms with Crippen molar-refractivity contribution in [1.82, 2.24) is 10.2 Å². The van der Waals surface area contributed by atoms with Gasteiger partial charge in [-0.3, -0.25) is 0 Å². The van der Waals surface area contributed by atoms with Crippen LogP contribution in [0.15, 0.2) is 28.7 Å². The quantitative estimate of drug-likeness (QED) is 0.807. The van der Waals surface area contributed by atoms with Gasteiger partial charge in [-0.25, -0.2) is 0 Å². The summed E-state index contributed by atoms with van der Waals surface area (Å²) in [5, 5.41) is 13.2. The van der Waals surface area contributed by atoms with Crippen LogP contribution in [0.25, 0.3) is 0 Å². The maximum absolute atomic E-state index is 9.80. The second-order valence-electron chi connectivity index (χ2n) is 5.74. The molecule has 0 aliphatic carbocycles. The van der Waals surface area contributed by atoms with Gasteiger partial charge < -0.3 is 15.3 Å². The van der Waals surface area contributed by atoms with Crippen molar-refractivity contribution >= 4 is 15.9 Å².